The number of carbonyl (C=O) groups is 1. The number of ether oxygens (including phenoxy) is 1. The molecule has 0 aliphatic carbocycles. The van der Waals surface area contributed by atoms with Crippen molar-refractivity contribution in [3.63, 3.8) is 0 Å². The van der Waals surface area contributed by atoms with Crippen LogP contribution in [0, 0.1) is 18.3 Å². The van der Waals surface area contributed by atoms with Crippen LogP contribution in [0.25, 0.3) is 0 Å². The summed E-state index contributed by atoms with van der Waals surface area (Å²) in [5, 5.41) is 12.3. The number of rotatable bonds is 4. The fraction of sp³-hybridized carbons (Fsp3) is 0.200. The quantitative estimate of drug-likeness (QED) is 0.875. The molecule has 5 nitrogen and oxygen atoms in total. The van der Waals surface area contributed by atoms with Crippen LogP contribution < -0.4 is 5.32 Å². The molecule has 0 aliphatic heterocycles. The van der Waals surface area contributed by atoms with Crippen molar-refractivity contribution in [1.29, 1.82) is 5.26 Å². The molecule has 0 saturated carbocycles. The third-order valence-electron chi connectivity index (χ3n) is 2.93. The van der Waals surface area contributed by atoms with E-state index < -0.39 is 5.97 Å². The predicted octanol–water partition coefficient (Wildman–Crippen LogP) is 3.51. The number of hydrogen-bond donors (Lipinski definition) is 1. The van der Waals surface area contributed by atoms with Crippen LogP contribution in [0.3, 0.4) is 0 Å². The number of hydrogen-bond acceptors (Lipinski definition) is 5. The molecule has 0 amide bonds. The third kappa shape index (κ3) is 3.36. The number of carbonyl (C=O) groups excluding carboxylic acids is 1. The van der Waals surface area contributed by atoms with E-state index in [1.165, 1.54) is 7.11 Å². The Morgan fingerprint density at radius 3 is 2.86 bits per heavy atom. The summed E-state index contributed by atoms with van der Waals surface area (Å²) in [5.41, 5.74) is 1.59. The normalized spacial score (nSPS) is 10.0. The second kappa shape index (κ2) is 6.33. The van der Waals surface area contributed by atoms with Gasteiger partial charge in [0, 0.05) is 5.69 Å². The smallest absolute Gasteiger partial charge is 0.341 e. The van der Waals surface area contributed by atoms with E-state index in [-0.39, 0.29) is 0 Å². The largest absolute Gasteiger partial charge is 0.465 e. The Hall–Kier alpha value is -2.45. The molecule has 21 heavy (non-hydrogen) atoms. The van der Waals surface area contributed by atoms with Crippen LogP contribution in [0.15, 0.2) is 28.7 Å². The fourth-order valence-corrected chi connectivity index (χ4v) is 2.07. The van der Waals surface area contributed by atoms with Gasteiger partial charge in [-0.25, -0.2) is 4.79 Å². The second-order valence-electron chi connectivity index (χ2n) is 4.33. The number of aryl methyl sites for hydroxylation is 1. The topological polar surface area (TPSA) is 75.3 Å². The molecule has 1 heterocycles. The lowest BCUT2D eigenvalue weighted by Gasteiger charge is -2.05. The highest BCUT2D eigenvalue weighted by Gasteiger charge is 2.15. The van der Waals surface area contributed by atoms with Crippen molar-refractivity contribution in [1.82, 2.24) is 0 Å². The van der Waals surface area contributed by atoms with Crippen molar-refractivity contribution in [3.05, 3.63) is 51.9 Å². The van der Waals surface area contributed by atoms with E-state index in [4.69, 9.17) is 21.3 Å². The van der Waals surface area contributed by atoms with Gasteiger partial charge in [-0.05, 0) is 31.2 Å². The average molecular weight is 305 g/mol. The SMILES string of the molecule is COC(=O)c1cc(CNc2ccc(C#N)c(Cl)c2)oc1C. The highest BCUT2D eigenvalue weighted by molar-refractivity contribution is 6.32. The zero-order valence-electron chi connectivity index (χ0n) is 11.6. The number of esters is 1. The number of halogens is 1. The summed E-state index contributed by atoms with van der Waals surface area (Å²) in [5.74, 6) is 0.689. The minimum absolute atomic E-state index is 0.383. The number of anilines is 1. The Labute approximate surface area is 127 Å². The van der Waals surface area contributed by atoms with E-state index in [2.05, 4.69) is 10.1 Å². The molecular formula is C15H13ClN2O3. The Balaban J connectivity index is 2.08. The first-order valence-corrected chi connectivity index (χ1v) is 6.54. The van der Waals surface area contributed by atoms with E-state index in [1.807, 2.05) is 6.07 Å². The first kappa shape index (κ1) is 14.9. The van der Waals surface area contributed by atoms with Crippen LogP contribution in [0.4, 0.5) is 5.69 Å². The standard InChI is InChI=1S/C15H13ClN2O3/c1-9-13(15(19)20-2)6-12(21-9)8-18-11-4-3-10(7-17)14(16)5-11/h3-6,18H,8H2,1-2H3. The second-order valence-corrected chi connectivity index (χ2v) is 4.74. The van der Waals surface area contributed by atoms with Gasteiger partial charge in [0.25, 0.3) is 0 Å². The lowest BCUT2D eigenvalue weighted by atomic mass is 10.2. The minimum Gasteiger partial charge on any atom is -0.465 e. The molecule has 0 radical (unpaired) electrons. The summed E-state index contributed by atoms with van der Waals surface area (Å²) < 4.78 is 10.2. The van der Waals surface area contributed by atoms with Gasteiger partial charge in [-0.1, -0.05) is 11.6 Å². The molecule has 1 aromatic carbocycles. The number of nitrogens with zero attached hydrogens (tertiary/aromatic N) is 1. The summed E-state index contributed by atoms with van der Waals surface area (Å²) in [4.78, 5) is 11.5. The maximum Gasteiger partial charge on any atom is 0.341 e. The summed E-state index contributed by atoms with van der Waals surface area (Å²) in [6, 6.07) is 8.69. The maximum absolute atomic E-state index is 11.5. The molecule has 6 heteroatoms. The molecule has 0 fully saturated rings. The van der Waals surface area contributed by atoms with Gasteiger partial charge < -0.3 is 14.5 Å². The van der Waals surface area contributed by atoms with Crippen LogP contribution in [0.5, 0.6) is 0 Å². The lowest BCUT2D eigenvalue weighted by molar-refractivity contribution is 0.0599. The molecule has 0 unspecified atom stereocenters. The first-order chi connectivity index (χ1) is 10.0. The highest BCUT2D eigenvalue weighted by Crippen LogP contribution is 2.22. The number of furan rings is 1. The molecule has 0 saturated heterocycles. The molecule has 1 aromatic heterocycles. The van der Waals surface area contributed by atoms with Gasteiger partial charge in [-0.15, -0.1) is 0 Å². The summed E-state index contributed by atoms with van der Waals surface area (Å²) in [6.07, 6.45) is 0. The highest BCUT2D eigenvalue weighted by atomic mass is 35.5. The van der Waals surface area contributed by atoms with Crippen molar-refractivity contribution in [2.24, 2.45) is 0 Å². The number of methoxy groups -OCH3 is 1. The van der Waals surface area contributed by atoms with E-state index in [0.29, 0.717) is 34.2 Å². The van der Waals surface area contributed by atoms with Gasteiger partial charge in [-0.3, -0.25) is 0 Å². The fourth-order valence-electron chi connectivity index (χ4n) is 1.85. The van der Waals surface area contributed by atoms with Crippen molar-refractivity contribution < 1.29 is 13.9 Å². The van der Waals surface area contributed by atoms with Crippen molar-refractivity contribution in [3.8, 4) is 6.07 Å². The van der Waals surface area contributed by atoms with Crippen LogP contribution in [0.1, 0.15) is 27.4 Å². The number of nitrogens with one attached hydrogen (secondary N) is 1. The molecule has 0 aliphatic rings. The van der Waals surface area contributed by atoms with Crippen LogP contribution in [0.2, 0.25) is 5.02 Å². The van der Waals surface area contributed by atoms with Gasteiger partial charge >= 0.3 is 5.97 Å². The summed E-state index contributed by atoms with van der Waals surface area (Å²) in [6.45, 7) is 2.09. The number of benzene rings is 1. The average Bonchev–Trinajstić information content (AvgIpc) is 2.85. The molecule has 0 spiro atoms. The molecular weight excluding hydrogens is 292 g/mol. The van der Waals surface area contributed by atoms with Gasteiger partial charge in [0.15, 0.2) is 0 Å². The van der Waals surface area contributed by atoms with Crippen molar-refractivity contribution >= 4 is 23.3 Å². The Bertz CT molecular complexity index is 716. The number of nitriles is 1. The van der Waals surface area contributed by atoms with Crippen LogP contribution in [-0.2, 0) is 11.3 Å². The third-order valence-corrected chi connectivity index (χ3v) is 3.24. The Morgan fingerprint density at radius 1 is 1.48 bits per heavy atom. The minimum atomic E-state index is -0.427. The lowest BCUT2D eigenvalue weighted by Crippen LogP contribution is -2.01. The van der Waals surface area contributed by atoms with Crippen LogP contribution in [-0.4, -0.2) is 13.1 Å². The zero-order chi connectivity index (χ0) is 15.4. The molecule has 0 bridgehead atoms. The molecule has 0 atom stereocenters. The zero-order valence-corrected chi connectivity index (χ0v) is 12.3. The molecule has 108 valence electrons. The predicted molar refractivity (Wildman–Crippen MR) is 78.3 cm³/mol. The van der Waals surface area contributed by atoms with Crippen molar-refractivity contribution in [2.45, 2.75) is 13.5 Å². The van der Waals surface area contributed by atoms with Gasteiger partial charge in [0.2, 0.25) is 0 Å². The van der Waals surface area contributed by atoms with Crippen molar-refractivity contribution in [2.75, 3.05) is 12.4 Å². The summed E-state index contributed by atoms with van der Waals surface area (Å²) >= 11 is 5.95. The van der Waals surface area contributed by atoms with E-state index >= 15 is 0 Å². The molecule has 2 aromatic rings. The van der Waals surface area contributed by atoms with Gasteiger partial charge in [0.05, 0.1) is 24.2 Å². The van der Waals surface area contributed by atoms with Crippen LogP contribution >= 0.6 is 11.6 Å². The maximum atomic E-state index is 11.5. The molecule has 1 N–H and O–H groups in total. The Kier molecular flexibility index (Phi) is 4.51. The first-order valence-electron chi connectivity index (χ1n) is 6.16. The molecule has 2 rings (SSSR count). The van der Waals surface area contributed by atoms with Gasteiger partial charge in [-0.2, -0.15) is 5.26 Å². The van der Waals surface area contributed by atoms with E-state index in [0.717, 1.165) is 5.69 Å². The summed E-state index contributed by atoms with van der Waals surface area (Å²) in [7, 11) is 1.32. The van der Waals surface area contributed by atoms with Gasteiger partial charge in [0.1, 0.15) is 23.2 Å². The van der Waals surface area contributed by atoms with E-state index in [9.17, 15) is 4.79 Å². The Morgan fingerprint density at radius 2 is 2.24 bits per heavy atom. The monoisotopic (exact) mass is 304 g/mol. The van der Waals surface area contributed by atoms with E-state index in [1.54, 1.807) is 31.2 Å².